The molecule has 122 valence electrons. The second-order valence-corrected chi connectivity index (χ2v) is 7.63. The third-order valence-corrected chi connectivity index (χ3v) is 4.58. The van der Waals surface area contributed by atoms with Gasteiger partial charge in [0.2, 0.25) is 15.9 Å². The van der Waals surface area contributed by atoms with E-state index in [1.807, 2.05) is 0 Å². The zero-order valence-electron chi connectivity index (χ0n) is 12.2. The van der Waals surface area contributed by atoms with Crippen LogP contribution in [-0.4, -0.2) is 27.1 Å². The summed E-state index contributed by atoms with van der Waals surface area (Å²) < 4.78 is 38.8. The first-order valence-electron chi connectivity index (χ1n) is 6.54. The normalized spacial score (nSPS) is 11.1. The van der Waals surface area contributed by atoms with E-state index in [0.717, 1.165) is 21.1 Å². The Hall–Kier alpha value is -1.93. The number of rotatable bonds is 5. The van der Waals surface area contributed by atoms with Crippen LogP contribution in [0.25, 0.3) is 0 Å². The molecule has 1 N–H and O–H groups in total. The lowest BCUT2D eigenvalue weighted by Gasteiger charge is -2.21. The number of hydrogen-bond donors (Lipinski definition) is 1. The molecule has 0 spiro atoms. The molecular weight excluding hydrogens is 387 g/mol. The van der Waals surface area contributed by atoms with Gasteiger partial charge in [-0.2, -0.15) is 0 Å². The monoisotopic (exact) mass is 400 g/mol. The van der Waals surface area contributed by atoms with Crippen LogP contribution in [0.3, 0.4) is 0 Å². The van der Waals surface area contributed by atoms with E-state index in [1.54, 1.807) is 24.3 Å². The molecule has 0 atom stereocenters. The van der Waals surface area contributed by atoms with E-state index in [2.05, 4.69) is 21.2 Å². The maximum atomic E-state index is 13.3. The maximum Gasteiger partial charge on any atom is 0.245 e. The van der Waals surface area contributed by atoms with E-state index < -0.39 is 28.3 Å². The molecule has 0 saturated heterocycles. The number of sulfonamides is 1. The van der Waals surface area contributed by atoms with E-state index >= 15 is 0 Å². The number of carbonyl (C=O) groups is 1. The Bertz CT molecular complexity index is 810. The molecule has 2 aromatic carbocycles. The highest BCUT2D eigenvalue weighted by atomic mass is 79.9. The Labute approximate surface area is 142 Å². The van der Waals surface area contributed by atoms with Crippen LogP contribution in [0, 0.1) is 5.82 Å². The van der Waals surface area contributed by atoms with Crippen molar-refractivity contribution in [2.45, 2.75) is 0 Å². The lowest BCUT2D eigenvalue weighted by molar-refractivity contribution is -0.114. The molecule has 8 heteroatoms. The summed E-state index contributed by atoms with van der Waals surface area (Å²) >= 11 is 3.28. The van der Waals surface area contributed by atoms with Crippen LogP contribution in [0.1, 0.15) is 0 Å². The van der Waals surface area contributed by atoms with Gasteiger partial charge in [0.25, 0.3) is 0 Å². The first-order chi connectivity index (χ1) is 10.8. The predicted octanol–water partition coefficient (Wildman–Crippen LogP) is 2.99. The lowest BCUT2D eigenvalue weighted by atomic mass is 10.3. The lowest BCUT2D eigenvalue weighted by Crippen LogP contribution is -2.37. The van der Waals surface area contributed by atoms with Gasteiger partial charge >= 0.3 is 0 Å². The van der Waals surface area contributed by atoms with Gasteiger partial charge in [0.1, 0.15) is 12.4 Å². The van der Waals surface area contributed by atoms with E-state index in [9.17, 15) is 17.6 Å². The Morgan fingerprint density at radius 2 is 1.87 bits per heavy atom. The molecule has 0 aliphatic rings. The second kappa shape index (κ2) is 7.10. The molecule has 0 aliphatic carbocycles. The maximum absolute atomic E-state index is 13.3. The van der Waals surface area contributed by atoms with Crippen LogP contribution in [0.4, 0.5) is 15.8 Å². The Kier molecular flexibility index (Phi) is 5.38. The Morgan fingerprint density at radius 3 is 2.43 bits per heavy atom. The molecule has 0 aliphatic heterocycles. The van der Waals surface area contributed by atoms with Crippen molar-refractivity contribution in [3.8, 4) is 0 Å². The summed E-state index contributed by atoms with van der Waals surface area (Å²) in [4.78, 5) is 12.1. The molecule has 23 heavy (non-hydrogen) atoms. The largest absolute Gasteiger partial charge is 0.325 e. The number of benzene rings is 2. The fourth-order valence-corrected chi connectivity index (χ4v) is 3.01. The van der Waals surface area contributed by atoms with E-state index in [1.165, 1.54) is 18.2 Å². The molecule has 0 bridgehead atoms. The molecular formula is C15H14BrFN2O3S. The number of amides is 1. The fraction of sp³-hybridized carbons (Fsp3) is 0.133. The first-order valence-corrected chi connectivity index (χ1v) is 9.18. The number of carbonyl (C=O) groups excluding carboxylic acids is 1. The molecule has 0 saturated carbocycles. The smallest absolute Gasteiger partial charge is 0.245 e. The van der Waals surface area contributed by atoms with Gasteiger partial charge < -0.3 is 5.32 Å². The van der Waals surface area contributed by atoms with Crippen LogP contribution in [0.5, 0.6) is 0 Å². The van der Waals surface area contributed by atoms with Crippen LogP contribution in [0.2, 0.25) is 0 Å². The number of hydrogen-bond acceptors (Lipinski definition) is 3. The molecule has 1 amide bonds. The summed E-state index contributed by atoms with van der Waals surface area (Å²) in [6, 6.07) is 11.9. The third-order valence-electron chi connectivity index (χ3n) is 2.91. The van der Waals surface area contributed by atoms with Gasteiger partial charge in [0.15, 0.2) is 0 Å². The van der Waals surface area contributed by atoms with Crippen LogP contribution < -0.4 is 9.62 Å². The average molecular weight is 401 g/mol. The van der Waals surface area contributed by atoms with Crippen molar-refractivity contribution < 1.29 is 17.6 Å². The number of anilines is 2. The summed E-state index contributed by atoms with van der Waals surface area (Å²) in [7, 11) is -3.73. The SMILES string of the molecule is CS(=O)(=O)N(CC(=O)Nc1ccc(Br)cc1)c1cccc(F)c1. The second-order valence-electron chi connectivity index (χ2n) is 4.80. The highest BCUT2D eigenvalue weighted by molar-refractivity contribution is 9.10. The van der Waals surface area contributed by atoms with Gasteiger partial charge in [0, 0.05) is 10.2 Å². The Morgan fingerprint density at radius 1 is 1.22 bits per heavy atom. The van der Waals surface area contributed by atoms with E-state index in [4.69, 9.17) is 0 Å². The summed E-state index contributed by atoms with van der Waals surface area (Å²) in [6.45, 7) is -0.446. The van der Waals surface area contributed by atoms with Gasteiger partial charge in [-0.15, -0.1) is 0 Å². The highest BCUT2D eigenvalue weighted by Crippen LogP contribution is 2.19. The molecule has 0 radical (unpaired) electrons. The van der Waals surface area contributed by atoms with Crippen molar-refractivity contribution in [2.75, 3.05) is 22.4 Å². The van der Waals surface area contributed by atoms with Crippen molar-refractivity contribution in [3.05, 3.63) is 58.8 Å². The van der Waals surface area contributed by atoms with Crippen molar-refractivity contribution in [2.24, 2.45) is 0 Å². The van der Waals surface area contributed by atoms with Crippen LogP contribution in [-0.2, 0) is 14.8 Å². The minimum Gasteiger partial charge on any atom is -0.325 e. The molecule has 5 nitrogen and oxygen atoms in total. The molecule has 0 heterocycles. The average Bonchev–Trinajstić information content (AvgIpc) is 2.46. The molecule has 2 rings (SSSR count). The first kappa shape index (κ1) is 17.4. The number of halogens is 2. The van der Waals surface area contributed by atoms with E-state index in [0.29, 0.717) is 5.69 Å². The topological polar surface area (TPSA) is 66.5 Å². The van der Waals surface area contributed by atoms with Gasteiger partial charge in [-0.25, -0.2) is 12.8 Å². The minimum atomic E-state index is -3.73. The summed E-state index contributed by atoms with van der Waals surface area (Å²) in [5.74, 6) is -1.11. The zero-order chi connectivity index (χ0) is 17.0. The summed E-state index contributed by atoms with van der Waals surface area (Å²) in [5, 5.41) is 2.60. The fourth-order valence-electron chi connectivity index (χ4n) is 1.90. The quantitative estimate of drug-likeness (QED) is 0.838. The van der Waals surface area contributed by atoms with Gasteiger partial charge in [0.05, 0.1) is 11.9 Å². The molecule has 0 fully saturated rings. The van der Waals surface area contributed by atoms with Crippen molar-refractivity contribution >= 4 is 43.2 Å². The number of nitrogens with zero attached hydrogens (tertiary/aromatic N) is 1. The van der Waals surface area contributed by atoms with Crippen molar-refractivity contribution in [1.82, 2.24) is 0 Å². The van der Waals surface area contributed by atoms with Gasteiger partial charge in [-0.3, -0.25) is 9.10 Å². The summed E-state index contributed by atoms with van der Waals surface area (Å²) in [6.07, 6.45) is 0.963. The molecule has 0 unspecified atom stereocenters. The minimum absolute atomic E-state index is 0.0958. The number of nitrogens with one attached hydrogen (secondary N) is 1. The molecule has 2 aromatic rings. The van der Waals surface area contributed by atoms with E-state index in [-0.39, 0.29) is 5.69 Å². The Balaban J connectivity index is 2.18. The van der Waals surface area contributed by atoms with Gasteiger partial charge in [-0.1, -0.05) is 22.0 Å². The third kappa shape index (κ3) is 5.04. The molecule has 0 aromatic heterocycles. The highest BCUT2D eigenvalue weighted by Gasteiger charge is 2.21. The summed E-state index contributed by atoms with van der Waals surface area (Å²) in [5.41, 5.74) is 0.629. The predicted molar refractivity (Wildman–Crippen MR) is 91.4 cm³/mol. The van der Waals surface area contributed by atoms with Crippen molar-refractivity contribution in [3.63, 3.8) is 0 Å². The van der Waals surface area contributed by atoms with Crippen LogP contribution in [0.15, 0.2) is 53.0 Å². The van der Waals surface area contributed by atoms with Crippen molar-refractivity contribution in [1.29, 1.82) is 0 Å². The standard InChI is InChI=1S/C15H14BrFN2O3S/c1-23(21,22)19(14-4-2-3-12(17)9-14)10-15(20)18-13-7-5-11(16)6-8-13/h2-9H,10H2,1H3,(H,18,20). The zero-order valence-corrected chi connectivity index (χ0v) is 14.6. The van der Waals surface area contributed by atoms with Gasteiger partial charge in [-0.05, 0) is 42.5 Å². The van der Waals surface area contributed by atoms with Crippen LogP contribution >= 0.6 is 15.9 Å².